The van der Waals surface area contributed by atoms with Crippen molar-refractivity contribution in [2.75, 3.05) is 6.54 Å². The molecule has 4 N–H and O–H groups in total. The van der Waals surface area contributed by atoms with Crippen LogP contribution in [0.5, 0.6) is 0 Å². The highest BCUT2D eigenvalue weighted by Gasteiger charge is 2.28. The summed E-state index contributed by atoms with van der Waals surface area (Å²) in [4.78, 5) is 24.3. The largest absolute Gasteiger partial charge is 0.348 e. The van der Waals surface area contributed by atoms with Crippen LogP contribution in [0.2, 0.25) is 5.02 Å². The molecule has 1 unspecified atom stereocenters. The van der Waals surface area contributed by atoms with Crippen LogP contribution in [0.25, 0.3) is 0 Å². The topological polar surface area (TPSA) is 84.2 Å². The van der Waals surface area contributed by atoms with Crippen LogP contribution in [-0.4, -0.2) is 29.9 Å². The molecule has 2 amide bonds. The van der Waals surface area contributed by atoms with Crippen molar-refractivity contribution in [2.45, 2.75) is 45.2 Å². The first-order valence-electron chi connectivity index (χ1n) is 7.46. The molecular weight excluding hydrogens is 337 g/mol. The number of amides is 2. The Morgan fingerprint density at radius 2 is 1.74 bits per heavy atom. The van der Waals surface area contributed by atoms with Crippen LogP contribution in [-0.2, 0) is 4.79 Å². The fraction of sp³-hybridized carbons (Fsp3) is 0.500. The van der Waals surface area contributed by atoms with E-state index in [4.69, 9.17) is 17.3 Å². The third-order valence-electron chi connectivity index (χ3n) is 3.98. The van der Waals surface area contributed by atoms with Crippen LogP contribution < -0.4 is 16.4 Å². The molecule has 0 saturated heterocycles. The van der Waals surface area contributed by atoms with Gasteiger partial charge in [0.1, 0.15) is 6.04 Å². The van der Waals surface area contributed by atoms with Crippen molar-refractivity contribution < 1.29 is 9.59 Å². The van der Waals surface area contributed by atoms with Gasteiger partial charge in [0.05, 0.1) is 5.54 Å². The summed E-state index contributed by atoms with van der Waals surface area (Å²) in [6.07, 6.45) is 1.48. The van der Waals surface area contributed by atoms with Crippen molar-refractivity contribution >= 4 is 35.8 Å². The Kier molecular flexibility index (Phi) is 9.20. The van der Waals surface area contributed by atoms with Crippen molar-refractivity contribution in [3.8, 4) is 0 Å². The summed E-state index contributed by atoms with van der Waals surface area (Å²) in [6, 6.07) is 5.85. The second-order valence-electron chi connectivity index (χ2n) is 5.38. The second-order valence-corrected chi connectivity index (χ2v) is 5.82. The van der Waals surface area contributed by atoms with E-state index < -0.39 is 11.6 Å². The van der Waals surface area contributed by atoms with Gasteiger partial charge in [-0.05, 0) is 44.0 Å². The normalized spacial score (nSPS) is 12.0. The number of carbonyl (C=O) groups is 2. The number of hydrogen-bond acceptors (Lipinski definition) is 3. The highest BCUT2D eigenvalue weighted by molar-refractivity contribution is 6.30. The number of hydrogen-bond donors (Lipinski definition) is 3. The average Bonchev–Trinajstić information content (AvgIpc) is 2.53. The minimum Gasteiger partial charge on any atom is -0.348 e. The fourth-order valence-electron chi connectivity index (χ4n) is 2.08. The molecule has 5 nitrogen and oxygen atoms in total. The number of rotatable bonds is 7. The molecule has 0 aliphatic carbocycles. The maximum Gasteiger partial charge on any atom is 0.251 e. The maximum atomic E-state index is 12.3. The third-order valence-corrected chi connectivity index (χ3v) is 4.23. The molecule has 1 atom stereocenters. The first kappa shape index (κ1) is 21.7. The van der Waals surface area contributed by atoms with Gasteiger partial charge in [-0.15, -0.1) is 12.4 Å². The number of nitrogens with two attached hydrogens (primary N) is 1. The molecule has 1 aromatic rings. The van der Waals surface area contributed by atoms with Gasteiger partial charge in [0, 0.05) is 17.1 Å². The molecule has 0 bridgehead atoms. The summed E-state index contributed by atoms with van der Waals surface area (Å²) in [5.41, 5.74) is 5.81. The molecular formula is C16H25Cl2N3O2. The number of halogens is 2. The molecule has 7 heteroatoms. The molecule has 1 aromatic carbocycles. The van der Waals surface area contributed by atoms with Gasteiger partial charge in [-0.3, -0.25) is 9.59 Å². The average molecular weight is 362 g/mol. The minimum atomic E-state index is -0.646. The lowest BCUT2D eigenvalue weighted by Gasteiger charge is -2.32. The van der Waals surface area contributed by atoms with E-state index in [0.717, 1.165) is 12.8 Å². The molecule has 23 heavy (non-hydrogen) atoms. The molecule has 0 fully saturated rings. The van der Waals surface area contributed by atoms with Gasteiger partial charge in [-0.2, -0.15) is 0 Å². The van der Waals surface area contributed by atoms with Gasteiger partial charge in [0.15, 0.2) is 0 Å². The van der Waals surface area contributed by atoms with E-state index in [1.807, 2.05) is 13.8 Å². The number of benzene rings is 1. The molecule has 0 spiro atoms. The quantitative estimate of drug-likeness (QED) is 0.697. The van der Waals surface area contributed by atoms with E-state index >= 15 is 0 Å². The van der Waals surface area contributed by atoms with Crippen LogP contribution in [0.15, 0.2) is 24.3 Å². The van der Waals surface area contributed by atoms with E-state index in [-0.39, 0.29) is 24.2 Å². The Morgan fingerprint density at radius 3 is 2.17 bits per heavy atom. The molecule has 0 saturated carbocycles. The third kappa shape index (κ3) is 6.01. The van der Waals surface area contributed by atoms with Gasteiger partial charge >= 0.3 is 0 Å². The van der Waals surface area contributed by atoms with Gasteiger partial charge < -0.3 is 16.4 Å². The van der Waals surface area contributed by atoms with E-state index in [1.165, 1.54) is 0 Å². The monoisotopic (exact) mass is 361 g/mol. The molecule has 0 aliphatic heterocycles. The summed E-state index contributed by atoms with van der Waals surface area (Å²) in [5.74, 6) is -0.554. The van der Waals surface area contributed by atoms with Crippen molar-refractivity contribution in [3.63, 3.8) is 0 Å². The predicted octanol–water partition coefficient (Wildman–Crippen LogP) is 2.51. The Morgan fingerprint density at radius 1 is 1.22 bits per heavy atom. The highest BCUT2D eigenvalue weighted by atomic mass is 35.5. The molecule has 0 radical (unpaired) electrons. The van der Waals surface area contributed by atoms with Crippen LogP contribution in [0, 0.1) is 0 Å². The van der Waals surface area contributed by atoms with Gasteiger partial charge in [0.25, 0.3) is 5.91 Å². The van der Waals surface area contributed by atoms with E-state index in [1.54, 1.807) is 31.2 Å². The van der Waals surface area contributed by atoms with Crippen LogP contribution >= 0.6 is 24.0 Å². The minimum absolute atomic E-state index is 0. The lowest BCUT2D eigenvalue weighted by molar-refractivity contribution is -0.124. The number of nitrogens with one attached hydrogen (secondary N) is 2. The zero-order chi connectivity index (χ0) is 16.8. The van der Waals surface area contributed by atoms with Gasteiger partial charge in [0.2, 0.25) is 5.91 Å². The van der Waals surface area contributed by atoms with Crippen LogP contribution in [0.3, 0.4) is 0 Å². The Balaban J connectivity index is 0.00000484. The van der Waals surface area contributed by atoms with Crippen molar-refractivity contribution in [1.29, 1.82) is 0 Å². The summed E-state index contributed by atoms with van der Waals surface area (Å²) in [7, 11) is 0. The van der Waals surface area contributed by atoms with Crippen molar-refractivity contribution in [1.82, 2.24) is 10.6 Å². The SMILES string of the molecule is CCC(CC)(CN)NC(=O)C(C)NC(=O)c1ccc(Cl)cc1.Cl. The zero-order valence-corrected chi connectivity index (χ0v) is 15.3. The summed E-state index contributed by atoms with van der Waals surface area (Å²) < 4.78 is 0. The smallest absolute Gasteiger partial charge is 0.251 e. The van der Waals surface area contributed by atoms with Crippen molar-refractivity contribution in [2.24, 2.45) is 5.73 Å². The van der Waals surface area contributed by atoms with Crippen LogP contribution in [0.4, 0.5) is 0 Å². The molecule has 0 heterocycles. The Bertz CT molecular complexity index is 508. The maximum absolute atomic E-state index is 12.3. The summed E-state index contributed by atoms with van der Waals surface area (Å²) in [5, 5.41) is 6.18. The van der Waals surface area contributed by atoms with Crippen molar-refractivity contribution in [3.05, 3.63) is 34.9 Å². The van der Waals surface area contributed by atoms with Gasteiger partial charge in [-0.25, -0.2) is 0 Å². The molecule has 0 aliphatic rings. The lowest BCUT2D eigenvalue weighted by atomic mass is 9.92. The summed E-state index contributed by atoms with van der Waals surface area (Å²) >= 11 is 5.79. The first-order chi connectivity index (χ1) is 10.4. The fourth-order valence-corrected chi connectivity index (χ4v) is 2.21. The van der Waals surface area contributed by atoms with E-state index in [2.05, 4.69) is 10.6 Å². The highest BCUT2D eigenvalue weighted by Crippen LogP contribution is 2.13. The zero-order valence-electron chi connectivity index (χ0n) is 13.7. The molecule has 1 rings (SSSR count). The second kappa shape index (κ2) is 9.75. The molecule has 0 aromatic heterocycles. The van der Waals surface area contributed by atoms with E-state index in [0.29, 0.717) is 17.1 Å². The molecule has 130 valence electrons. The predicted molar refractivity (Wildman–Crippen MR) is 96.1 cm³/mol. The lowest BCUT2D eigenvalue weighted by Crippen LogP contribution is -2.57. The summed E-state index contributed by atoms with van der Waals surface area (Å²) in [6.45, 7) is 5.97. The van der Waals surface area contributed by atoms with Gasteiger partial charge in [-0.1, -0.05) is 25.4 Å². The van der Waals surface area contributed by atoms with E-state index in [9.17, 15) is 9.59 Å². The standard InChI is InChI=1S/C16H24ClN3O2.ClH/c1-4-16(5-2,10-18)20-14(21)11(3)19-15(22)12-6-8-13(17)9-7-12;/h6-9,11H,4-5,10,18H2,1-3H3,(H,19,22)(H,20,21);1H. The first-order valence-corrected chi connectivity index (χ1v) is 7.83. The Hall–Kier alpha value is -1.30. The Labute approximate surface area is 148 Å². The number of carbonyl (C=O) groups excluding carboxylic acids is 2. The van der Waals surface area contributed by atoms with Crippen LogP contribution in [0.1, 0.15) is 44.0 Å².